The van der Waals surface area contributed by atoms with Crippen molar-refractivity contribution in [2.24, 2.45) is 0 Å². The number of hydrogen-bond acceptors (Lipinski definition) is 5. The molecule has 2 aliphatic rings. The number of hydrogen-bond donors (Lipinski definition) is 1. The third-order valence-corrected chi connectivity index (χ3v) is 4.44. The molecule has 0 radical (unpaired) electrons. The van der Waals surface area contributed by atoms with E-state index in [4.69, 9.17) is 15.2 Å². The Kier molecular flexibility index (Phi) is 5.35. The molecule has 3 rings (SSSR count). The molecule has 0 atom stereocenters. The summed E-state index contributed by atoms with van der Waals surface area (Å²) in [4.78, 5) is 16.3. The first-order chi connectivity index (χ1) is 11.2. The molecule has 2 heterocycles. The van der Waals surface area contributed by atoms with Crippen LogP contribution in [-0.4, -0.2) is 63.4 Å². The van der Waals surface area contributed by atoms with Crippen LogP contribution in [0.4, 0.5) is 11.4 Å². The quantitative estimate of drug-likeness (QED) is 0.835. The van der Waals surface area contributed by atoms with Gasteiger partial charge in [0.1, 0.15) is 0 Å². The molecule has 0 aromatic heterocycles. The Morgan fingerprint density at radius 2 is 1.70 bits per heavy atom. The number of benzene rings is 1. The molecule has 0 saturated carbocycles. The molecule has 23 heavy (non-hydrogen) atoms. The Morgan fingerprint density at radius 1 is 1.04 bits per heavy atom. The third kappa shape index (κ3) is 4.14. The van der Waals surface area contributed by atoms with Crippen LogP contribution in [0.1, 0.15) is 12.0 Å². The molecule has 1 amide bonds. The molecule has 2 fully saturated rings. The molecule has 0 bridgehead atoms. The van der Waals surface area contributed by atoms with Crippen molar-refractivity contribution < 1.29 is 14.3 Å². The van der Waals surface area contributed by atoms with E-state index in [1.165, 1.54) is 0 Å². The number of carbonyl (C=O) groups is 1. The summed E-state index contributed by atoms with van der Waals surface area (Å²) in [5.41, 5.74) is 9.17. The van der Waals surface area contributed by atoms with Crippen molar-refractivity contribution in [3.8, 4) is 0 Å². The summed E-state index contributed by atoms with van der Waals surface area (Å²) in [6.45, 7) is 5.94. The topological polar surface area (TPSA) is 68.0 Å². The number of aryl methyl sites for hydroxylation is 1. The standard InChI is InChI=1S/C17H25N3O3/c18-15-13-14(1-3-16(15)19-5-9-22-10-6-19)2-4-17(21)20-7-11-23-12-8-20/h1,3,13H,2,4-12,18H2. The summed E-state index contributed by atoms with van der Waals surface area (Å²) in [5.74, 6) is 0.198. The highest BCUT2D eigenvalue weighted by atomic mass is 16.5. The highest BCUT2D eigenvalue weighted by Crippen LogP contribution is 2.25. The lowest BCUT2D eigenvalue weighted by Gasteiger charge is -2.30. The van der Waals surface area contributed by atoms with Crippen molar-refractivity contribution in [1.82, 2.24) is 4.90 Å². The molecule has 6 heteroatoms. The van der Waals surface area contributed by atoms with Gasteiger partial charge >= 0.3 is 0 Å². The van der Waals surface area contributed by atoms with Gasteiger partial charge in [0.2, 0.25) is 5.91 Å². The number of ether oxygens (including phenoxy) is 2. The lowest BCUT2D eigenvalue weighted by Crippen LogP contribution is -2.40. The molecule has 1 aromatic rings. The zero-order valence-electron chi connectivity index (χ0n) is 13.5. The summed E-state index contributed by atoms with van der Waals surface area (Å²) in [7, 11) is 0. The molecular weight excluding hydrogens is 294 g/mol. The number of carbonyl (C=O) groups excluding carboxylic acids is 1. The second kappa shape index (κ2) is 7.66. The summed E-state index contributed by atoms with van der Waals surface area (Å²) >= 11 is 0. The van der Waals surface area contributed by atoms with Crippen LogP contribution in [0.3, 0.4) is 0 Å². The normalized spacial score (nSPS) is 19.0. The minimum atomic E-state index is 0.198. The van der Waals surface area contributed by atoms with E-state index < -0.39 is 0 Å². The molecule has 1 aromatic carbocycles. The van der Waals surface area contributed by atoms with Crippen LogP contribution in [0.15, 0.2) is 18.2 Å². The summed E-state index contributed by atoms with van der Waals surface area (Å²) in [6, 6.07) is 6.14. The number of nitrogens with two attached hydrogens (primary N) is 1. The zero-order chi connectivity index (χ0) is 16.1. The summed E-state index contributed by atoms with van der Waals surface area (Å²) < 4.78 is 10.6. The van der Waals surface area contributed by atoms with Crippen LogP contribution in [0.25, 0.3) is 0 Å². The van der Waals surface area contributed by atoms with Crippen molar-refractivity contribution >= 4 is 17.3 Å². The Morgan fingerprint density at radius 3 is 2.35 bits per heavy atom. The highest BCUT2D eigenvalue weighted by Gasteiger charge is 2.17. The summed E-state index contributed by atoms with van der Waals surface area (Å²) in [5, 5.41) is 0. The third-order valence-electron chi connectivity index (χ3n) is 4.44. The maximum absolute atomic E-state index is 12.2. The molecule has 126 valence electrons. The van der Waals surface area contributed by atoms with E-state index in [0.29, 0.717) is 32.7 Å². The number of nitrogen functional groups attached to an aromatic ring is 1. The molecule has 6 nitrogen and oxygen atoms in total. The van der Waals surface area contributed by atoms with Crippen molar-refractivity contribution in [3.63, 3.8) is 0 Å². The average molecular weight is 319 g/mol. The van der Waals surface area contributed by atoms with E-state index in [1.807, 2.05) is 11.0 Å². The first kappa shape index (κ1) is 16.1. The molecule has 0 aliphatic carbocycles. The van der Waals surface area contributed by atoms with Crippen LogP contribution >= 0.6 is 0 Å². The Labute approximate surface area is 137 Å². The minimum absolute atomic E-state index is 0.198. The predicted octanol–water partition coefficient (Wildman–Crippen LogP) is 0.897. The Balaban J connectivity index is 1.56. The van der Waals surface area contributed by atoms with Crippen LogP contribution < -0.4 is 10.6 Å². The van der Waals surface area contributed by atoms with Gasteiger partial charge in [0.25, 0.3) is 0 Å². The van der Waals surface area contributed by atoms with Crippen molar-refractivity contribution in [3.05, 3.63) is 23.8 Å². The number of nitrogens with zero attached hydrogens (tertiary/aromatic N) is 2. The first-order valence-corrected chi connectivity index (χ1v) is 8.30. The van der Waals surface area contributed by atoms with Gasteiger partial charge in [-0.05, 0) is 24.1 Å². The molecule has 2 N–H and O–H groups in total. The van der Waals surface area contributed by atoms with Gasteiger partial charge in [-0.15, -0.1) is 0 Å². The lowest BCUT2D eigenvalue weighted by atomic mass is 10.1. The van der Waals surface area contributed by atoms with Gasteiger partial charge in [-0.25, -0.2) is 0 Å². The SMILES string of the molecule is Nc1cc(CCC(=O)N2CCOCC2)ccc1N1CCOCC1. The van der Waals surface area contributed by atoms with Crippen LogP contribution in [0.2, 0.25) is 0 Å². The zero-order valence-corrected chi connectivity index (χ0v) is 13.5. The first-order valence-electron chi connectivity index (χ1n) is 8.30. The van der Waals surface area contributed by atoms with Crippen LogP contribution in [0, 0.1) is 0 Å². The van der Waals surface area contributed by atoms with E-state index >= 15 is 0 Å². The fourth-order valence-corrected chi connectivity index (χ4v) is 3.07. The van der Waals surface area contributed by atoms with Gasteiger partial charge in [0, 0.05) is 32.6 Å². The van der Waals surface area contributed by atoms with Crippen LogP contribution in [-0.2, 0) is 20.7 Å². The smallest absolute Gasteiger partial charge is 0.223 e. The van der Waals surface area contributed by atoms with Crippen molar-refractivity contribution in [1.29, 1.82) is 0 Å². The number of anilines is 2. The van der Waals surface area contributed by atoms with E-state index in [2.05, 4.69) is 17.0 Å². The number of morpholine rings is 2. The fraction of sp³-hybridized carbons (Fsp3) is 0.588. The Hall–Kier alpha value is -1.79. The minimum Gasteiger partial charge on any atom is -0.397 e. The van der Waals surface area contributed by atoms with Crippen LogP contribution in [0.5, 0.6) is 0 Å². The molecule has 2 saturated heterocycles. The van der Waals surface area contributed by atoms with Crippen molar-refractivity contribution in [2.45, 2.75) is 12.8 Å². The van der Waals surface area contributed by atoms with E-state index in [-0.39, 0.29) is 5.91 Å². The monoisotopic (exact) mass is 319 g/mol. The molecule has 2 aliphatic heterocycles. The number of amides is 1. The summed E-state index contributed by atoms with van der Waals surface area (Å²) in [6.07, 6.45) is 1.25. The maximum Gasteiger partial charge on any atom is 0.223 e. The van der Waals surface area contributed by atoms with E-state index in [9.17, 15) is 4.79 Å². The fourth-order valence-electron chi connectivity index (χ4n) is 3.07. The molecule has 0 spiro atoms. The predicted molar refractivity (Wildman–Crippen MR) is 89.6 cm³/mol. The average Bonchev–Trinajstić information content (AvgIpc) is 2.61. The lowest BCUT2D eigenvalue weighted by molar-refractivity contribution is -0.135. The van der Waals surface area contributed by atoms with Gasteiger partial charge in [0.15, 0.2) is 0 Å². The number of rotatable bonds is 4. The van der Waals surface area contributed by atoms with Gasteiger partial charge in [-0.1, -0.05) is 6.07 Å². The Bertz CT molecular complexity index is 538. The molecular formula is C17H25N3O3. The van der Waals surface area contributed by atoms with E-state index in [0.717, 1.165) is 49.7 Å². The second-order valence-electron chi connectivity index (χ2n) is 5.99. The van der Waals surface area contributed by atoms with Gasteiger partial charge in [-0.2, -0.15) is 0 Å². The van der Waals surface area contributed by atoms with Gasteiger partial charge in [0.05, 0.1) is 37.8 Å². The largest absolute Gasteiger partial charge is 0.397 e. The van der Waals surface area contributed by atoms with Gasteiger partial charge in [-0.3, -0.25) is 4.79 Å². The highest BCUT2D eigenvalue weighted by molar-refractivity contribution is 5.77. The maximum atomic E-state index is 12.2. The second-order valence-corrected chi connectivity index (χ2v) is 5.99. The van der Waals surface area contributed by atoms with Gasteiger partial charge < -0.3 is 25.0 Å². The van der Waals surface area contributed by atoms with Crippen molar-refractivity contribution in [2.75, 3.05) is 63.2 Å². The van der Waals surface area contributed by atoms with E-state index in [1.54, 1.807) is 0 Å². The molecule has 0 unspecified atom stereocenters.